The number of nitrogens with zero attached hydrogens (tertiary/aromatic N) is 2. The fourth-order valence-electron chi connectivity index (χ4n) is 4.84. The molecule has 7 nitrogen and oxygen atoms in total. The third-order valence-electron chi connectivity index (χ3n) is 6.56. The second-order valence-corrected chi connectivity index (χ2v) is 9.93. The monoisotopic (exact) mass is 485 g/mol. The summed E-state index contributed by atoms with van der Waals surface area (Å²) < 4.78 is 10.9. The number of rotatable bonds is 7. The number of ether oxygens (including phenoxy) is 2. The molecule has 0 bridgehead atoms. The van der Waals surface area contributed by atoms with Crippen molar-refractivity contribution in [3.63, 3.8) is 0 Å². The number of carbonyl (C=O) groups is 2. The molecule has 184 valence electrons. The molecular formula is C26H35N3O4S. The highest BCUT2D eigenvalue weighted by Crippen LogP contribution is 2.37. The van der Waals surface area contributed by atoms with E-state index in [1.54, 1.807) is 11.3 Å². The normalized spacial score (nSPS) is 16.8. The Bertz CT molecular complexity index is 998. The molecule has 34 heavy (non-hydrogen) atoms. The first-order valence-corrected chi connectivity index (χ1v) is 13.1. The van der Waals surface area contributed by atoms with E-state index in [1.807, 2.05) is 25.1 Å². The zero-order valence-corrected chi connectivity index (χ0v) is 21.0. The summed E-state index contributed by atoms with van der Waals surface area (Å²) in [6.07, 6.45) is 6.42. The van der Waals surface area contributed by atoms with Crippen LogP contribution in [-0.2, 0) is 22.4 Å². The fraction of sp³-hybridized carbons (Fsp3) is 0.538. The van der Waals surface area contributed by atoms with E-state index < -0.39 is 0 Å². The van der Waals surface area contributed by atoms with Gasteiger partial charge in [-0.2, -0.15) is 0 Å². The Balaban J connectivity index is 1.38. The van der Waals surface area contributed by atoms with Gasteiger partial charge >= 0.3 is 5.97 Å². The van der Waals surface area contributed by atoms with E-state index in [-0.39, 0.29) is 11.9 Å². The highest BCUT2D eigenvalue weighted by molar-refractivity contribution is 7.17. The van der Waals surface area contributed by atoms with Crippen molar-refractivity contribution in [3.8, 4) is 5.75 Å². The van der Waals surface area contributed by atoms with Crippen LogP contribution in [0.2, 0.25) is 0 Å². The molecule has 1 aliphatic heterocycles. The number of aryl methyl sites for hydroxylation is 1. The number of benzene rings is 1. The minimum Gasteiger partial charge on any atom is -0.492 e. The average molecular weight is 486 g/mol. The van der Waals surface area contributed by atoms with Crippen LogP contribution >= 0.6 is 11.3 Å². The Kier molecular flexibility index (Phi) is 8.45. The van der Waals surface area contributed by atoms with E-state index in [9.17, 15) is 9.59 Å². The maximum Gasteiger partial charge on any atom is 0.341 e. The Morgan fingerprint density at radius 3 is 2.50 bits per heavy atom. The third kappa shape index (κ3) is 5.73. The number of anilines is 2. The van der Waals surface area contributed by atoms with E-state index >= 15 is 0 Å². The van der Waals surface area contributed by atoms with Gasteiger partial charge in [0.2, 0.25) is 5.91 Å². The lowest BCUT2D eigenvalue weighted by atomic mass is 9.96. The largest absolute Gasteiger partial charge is 0.492 e. The molecule has 0 atom stereocenters. The van der Waals surface area contributed by atoms with Crippen molar-refractivity contribution < 1.29 is 19.1 Å². The van der Waals surface area contributed by atoms with Gasteiger partial charge in [0.1, 0.15) is 10.8 Å². The Morgan fingerprint density at radius 2 is 1.76 bits per heavy atom. The molecule has 0 saturated carbocycles. The number of para-hydroxylation sites is 2. The molecule has 2 aliphatic rings. The minimum absolute atomic E-state index is 0.0810. The maximum atomic E-state index is 13.0. The van der Waals surface area contributed by atoms with E-state index in [2.05, 4.69) is 21.2 Å². The van der Waals surface area contributed by atoms with Gasteiger partial charge in [0.15, 0.2) is 0 Å². The van der Waals surface area contributed by atoms with Crippen LogP contribution in [0.1, 0.15) is 53.4 Å². The number of carbonyl (C=O) groups excluding carboxylic acids is 2. The van der Waals surface area contributed by atoms with Crippen LogP contribution in [-0.4, -0.2) is 63.2 Å². The van der Waals surface area contributed by atoms with E-state index in [1.165, 1.54) is 24.8 Å². The molecule has 2 aromatic rings. The summed E-state index contributed by atoms with van der Waals surface area (Å²) in [4.78, 5) is 31.2. The van der Waals surface area contributed by atoms with Gasteiger partial charge in [-0.15, -0.1) is 11.3 Å². The van der Waals surface area contributed by atoms with Crippen molar-refractivity contribution in [1.82, 2.24) is 4.90 Å². The lowest BCUT2D eigenvalue weighted by Crippen LogP contribution is -2.48. The quantitative estimate of drug-likeness (QED) is 0.588. The zero-order chi connectivity index (χ0) is 23.9. The number of esters is 1. The first-order chi connectivity index (χ1) is 16.6. The molecule has 2 heterocycles. The summed E-state index contributed by atoms with van der Waals surface area (Å²) in [6, 6.07) is 8.11. The van der Waals surface area contributed by atoms with Gasteiger partial charge in [0.25, 0.3) is 0 Å². The summed E-state index contributed by atoms with van der Waals surface area (Å²) in [6.45, 7) is 6.18. The molecule has 1 N–H and O–H groups in total. The van der Waals surface area contributed by atoms with Crippen molar-refractivity contribution >= 4 is 33.9 Å². The van der Waals surface area contributed by atoms with Crippen LogP contribution in [0.4, 0.5) is 10.7 Å². The smallest absolute Gasteiger partial charge is 0.341 e. The molecule has 1 aromatic heterocycles. The Morgan fingerprint density at radius 1 is 1.03 bits per heavy atom. The summed E-state index contributed by atoms with van der Waals surface area (Å²) in [7, 11) is 1.41. The lowest BCUT2D eigenvalue weighted by Gasteiger charge is -2.36. The molecule has 1 amide bonds. The highest BCUT2D eigenvalue weighted by atomic mass is 32.1. The fourth-order valence-corrected chi connectivity index (χ4v) is 6.13. The molecule has 0 radical (unpaired) electrons. The summed E-state index contributed by atoms with van der Waals surface area (Å²) in [5, 5.41) is 3.69. The standard InChI is InChI=1S/C26H35N3O4S/c1-3-33-21-12-9-8-11-20(21)29-16-14-28(15-17-29)18-23(30)27-25-24(26(31)32-2)19-10-6-4-5-7-13-22(19)34-25/h8-9,11-12H,3-7,10,13-18H2,1-2H3,(H,27,30). The molecular weight excluding hydrogens is 450 g/mol. The minimum atomic E-state index is -0.352. The van der Waals surface area contributed by atoms with Gasteiger partial charge in [-0.1, -0.05) is 25.0 Å². The second-order valence-electron chi connectivity index (χ2n) is 8.83. The second kappa shape index (κ2) is 11.7. The third-order valence-corrected chi connectivity index (χ3v) is 7.77. The van der Waals surface area contributed by atoms with Crippen LogP contribution < -0.4 is 15.0 Å². The predicted octanol–water partition coefficient (Wildman–Crippen LogP) is 4.35. The van der Waals surface area contributed by atoms with Crippen LogP contribution in [0, 0.1) is 0 Å². The number of thiophene rings is 1. The molecule has 1 saturated heterocycles. The van der Waals surface area contributed by atoms with Crippen LogP contribution in [0.3, 0.4) is 0 Å². The van der Waals surface area contributed by atoms with Gasteiger partial charge in [0, 0.05) is 31.1 Å². The van der Waals surface area contributed by atoms with E-state index in [0.29, 0.717) is 23.7 Å². The maximum absolute atomic E-state index is 13.0. The van der Waals surface area contributed by atoms with Crippen LogP contribution in [0.25, 0.3) is 0 Å². The number of fused-ring (bicyclic) bond motifs is 1. The summed E-state index contributed by atoms with van der Waals surface area (Å²) >= 11 is 1.55. The van der Waals surface area contributed by atoms with E-state index in [4.69, 9.17) is 9.47 Å². The SMILES string of the molecule is CCOc1ccccc1N1CCN(CC(=O)Nc2sc3c(c2C(=O)OC)CCCCCC3)CC1. The number of nitrogens with one attached hydrogen (secondary N) is 1. The summed E-state index contributed by atoms with van der Waals surface area (Å²) in [5.74, 6) is 0.470. The van der Waals surface area contributed by atoms with E-state index in [0.717, 1.165) is 68.9 Å². The first-order valence-electron chi connectivity index (χ1n) is 12.3. The van der Waals surface area contributed by atoms with Crippen LogP contribution in [0.15, 0.2) is 24.3 Å². The van der Waals surface area contributed by atoms with Gasteiger partial charge in [-0.25, -0.2) is 4.79 Å². The average Bonchev–Trinajstić information content (AvgIpc) is 3.15. The van der Waals surface area contributed by atoms with Gasteiger partial charge in [0.05, 0.1) is 31.5 Å². The van der Waals surface area contributed by atoms with Crippen molar-refractivity contribution in [2.75, 3.05) is 56.7 Å². The van der Waals surface area contributed by atoms with Crippen molar-refractivity contribution in [2.24, 2.45) is 0 Å². The first kappa shape index (κ1) is 24.5. The molecule has 8 heteroatoms. The lowest BCUT2D eigenvalue weighted by molar-refractivity contribution is -0.117. The number of piperazine rings is 1. The molecule has 1 aromatic carbocycles. The number of methoxy groups -OCH3 is 1. The van der Waals surface area contributed by atoms with Crippen LogP contribution in [0.5, 0.6) is 5.75 Å². The molecule has 1 fully saturated rings. The topological polar surface area (TPSA) is 71.1 Å². The summed E-state index contributed by atoms with van der Waals surface area (Å²) in [5.41, 5.74) is 2.75. The zero-order valence-electron chi connectivity index (χ0n) is 20.2. The van der Waals surface area contributed by atoms with Crippen molar-refractivity contribution in [2.45, 2.75) is 45.4 Å². The molecule has 0 unspecified atom stereocenters. The van der Waals surface area contributed by atoms with Crippen molar-refractivity contribution in [3.05, 3.63) is 40.3 Å². The molecule has 4 rings (SSSR count). The Hall–Kier alpha value is -2.58. The van der Waals surface area contributed by atoms with Gasteiger partial charge < -0.3 is 19.7 Å². The van der Waals surface area contributed by atoms with Gasteiger partial charge in [-0.05, 0) is 50.3 Å². The Labute approximate surface area is 206 Å². The molecule has 1 aliphatic carbocycles. The van der Waals surface area contributed by atoms with Crippen molar-refractivity contribution in [1.29, 1.82) is 0 Å². The highest BCUT2D eigenvalue weighted by Gasteiger charge is 2.27. The predicted molar refractivity (Wildman–Crippen MR) is 136 cm³/mol. The number of hydrogen-bond acceptors (Lipinski definition) is 7. The van der Waals surface area contributed by atoms with Gasteiger partial charge in [-0.3, -0.25) is 9.69 Å². The number of amides is 1. The number of hydrogen-bond donors (Lipinski definition) is 1. The molecule has 0 spiro atoms.